The monoisotopic (exact) mass is 331 g/mol. The lowest BCUT2D eigenvalue weighted by Crippen LogP contribution is -2.29. The number of halogens is 1. The van der Waals surface area contributed by atoms with E-state index in [1.165, 1.54) is 6.07 Å². The highest BCUT2D eigenvalue weighted by Gasteiger charge is 2.33. The fourth-order valence-corrected chi connectivity index (χ4v) is 5.07. The zero-order chi connectivity index (χ0) is 15.6. The van der Waals surface area contributed by atoms with Gasteiger partial charge in [0.2, 0.25) is 10.0 Å². The third kappa shape index (κ3) is 3.42. The normalized spacial score (nSPS) is 20.1. The van der Waals surface area contributed by atoms with Gasteiger partial charge in [0.15, 0.2) is 0 Å². The van der Waals surface area contributed by atoms with Crippen LogP contribution in [0.5, 0.6) is 0 Å². The Morgan fingerprint density at radius 1 is 1.43 bits per heavy atom. The molecule has 0 amide bonds. The molecule has 4 nitrogen and oxygen atoms in total. The summed E-state index contributed by atoms with van der Waals surface area (Å²) in [7, 11) is -3.54. The average Bonchev–Trinajstić information content (AvgIpc) is 2.90. The van der Waals surface area contributed by atoms with Crippen molar-refractivity contribution in [3.05, 3.63) is 28.3 Å². The van der Waals surface area contributed by atoms with Crippen molar-refractivity contribution in [1.29, 1.82) is 0 Å². The number of aliphatic hydroxyl groups excluding tert-OH is 1. The predicted octanol–water partition coefficient (Wildman–Crippen LogP) is 2.95. The Morgan fingerprint density at radius 2 is 2.14 bits per heavy atom. The van der Waals surface area contributed by atoms with E-state index in [1.807, 2.05) is 0 Å². The van der Waals surface area contributed by atoms with E-state index in [4.69, 9.17) is 11.6 Å². The summed E-state index contributed by atoms with van der Waals surface area (Å²) in [4.78, 5) is 0.219. The zero-order valence-electron chi connectivity index (χ0n) is 12.5. The Bertz CT molecular complexity index is 616. The lowest BCUT2D eigenvalue weighted by Gasteiger charge is -2.19. The highest BCUT2D eigenvalue weighted by molar-refractivity contribution is 7.89. The van der Waals surface area contributed by atoms with Crippen LogP contribution in [-0.2, 0) is 16.6 Å². The number of nitrogens with zero attached hydrogens (tertiary/aromatic N) is 1. The number of sulfonamides is 1. The Balaban J connectivity index is 2.35. The second-order valence-corrected chi connectivity index (χ2v) is 8.00. The van der Waals surface area contributed by atoms with Crippen LogP contribution in [0.25, 0.3) is 0 Å². The van der Waals surface area contributed by atoms with E-state index >= 15 is 0 Å². The van der Waals surface area contributed by atoms with Crippen molar-refractivity contribution >= 4 is 21.6 Å². The maximum Gasteiger partial charge on any atom is 0.243 e. The van der Waals surface area contributed by atoms with Gasteiger partial charge in [0.05, 0.1) is 11.5 Å². The van der Waals surface area contributed by atoms with Crippen LogP contribution in [0.15, 0.2) is 17.0 Å². The van der Waals surface area contributed by atoms with Crippen molar-refractivity contribution in [2.75, 3.05) is 13.1 Å². The Hall–Kier alpha value is -0.620. The van der Waals surface area contributed by atoms with Crippen molar-refractivity contribution in [3.63, 3.8) is 0 Å². The van der Waals surface area contributed by atoms with E-state index in [0.29, 0.717) is 35.2 Å². The molecule has 6 heteroatoms. The molecular weight excluding hydrogens is 310 g/mol. The quantitative estimate of drug-likeness (QED) is 0.902. The van der Waals surface area contributed by atoms with Gasteiger partial charge in [-0.25, -0.2) is 8.42 Å². The smallest absolute Gasteiger partial charge is 0.243 e. The van der Waals surface area contributed by atoms with Crippen LogP contribution in [0.2, 0.25) is 5.02 Å². The zero-order valence-corrected chi connectivity index (χ0v) is 14.0. The van der Waals surface area contributed by atoms with Crippen LogP contribution < -0.4 is 0 Å². The van der Waals surface area contributed by atoms with Crippen LogP contribution in [0.4, 0.5) is 0 Å². The molecule has 0 saturated carbocycles. The molecule has 0 aliphatic carbocycles. The van der Waals surface area contributed by atoms with Gasteiger partial charge in [-0.1, -0.05) is 24.9 Å². The fraction of sp³-hybridized carbons (Fsp3) is 0.600. The molecule has 1 aromatic rings. The number of benzene rings is 1. The maximum atomic E-state index is 12.8. The Labute approximate surface area is 131 Å². The standard InChI is InChI=1S/C15H22ClNO3S/c1-3-4-12-5-6-17(9-12)21(19,20)15-8-14(16)7-13(10-18)11(15)2/h7-8,12,18H,3-6,9-10H2,1-2H3. The van der Waals surface area contributed by atoms with Crippen molar-refractivity contribution in [1.82, 2.24) is 4.31 Å². The topological polar surface area (TPSA) is 57.6 Å². The molecule has 1 aliphatic rings. The summed E-state index contributed by atoms with van der Waals surface area (Å²) in [5.41, 5.74) is 1.14. The van der Waals surface area contributed by atoms with E-state index in [1.54, 1.807) is 17.3 Å². The van der Waals surface area contributed by atoms with Gasteiger partial charge in [0.1, 0.15) is 0 Å². The van der Waals surface area contributed by atoms with E-state index in [2.05, 4.69) is 6.92 Å². The van der Waals surface area contributed by atoms with Crippen molar-refractivity contribution < 1.29 is 13.5 Å². The molecule has 1 unspecified atom stereocenters. The molecule has 21 heavy (non-hydrogen) atoms. The third-order valence-electron chi connectivity index (χ3n) is 4.17. The van der Waals surface area contributed by atoms with Crippen LogP contribution in [0.3, 0.4) is 0 Å². The second-order valence-electron chi connectivity index (χ2n) is 5.65. The summed E-state index contributed by atoms with van der Waals surface area (Å²) >= 11 is 6.00. The molecule has 2 rings (SSSR count). The summed E-state index contributed by atoms with van der Waals surface area (Å²) < 4.78 is 27.2. The van der Waals surface area contributed by atoms with E-state index in [-0.39, 0.29) is 11.5 Å². The molecule has 0 radical (unpaired) electrons. The number of rotatable bonds is 5. The highest BCUT2D eigenvalue weighted by Crippen LogP contribution is 2.31. The molecule has 0 spiro atoms. The molecule has 0 aromatic heterocycles. The lowest BCUT2D eigenvalue weighted by molar-refractivity contribution is 0.280. The first-order valence-electron chi connectivity index (χ1n) is 7.30. The molecule has 1 saturated heterocycles. The van der Waals surface area contributed by atoms with Gasteiger partial charge in [-0.15, -0.1) is 0 Å². The molecular formula is C15H22ClNO3S. The average molecular weight is 332 g/mol. The molecule has 1 atom stereocenters. The van der Waals surface area contributed by atoms with Crippen LogP contribution >= 0.6 is 11.6 Å². The summed E-state index contributed by atoms with van der Waals surface area (Å²) in [5, 5.41) is 9.68. The number of hydrogen-bond donors (Lipinski definition) is 1. The van der Waals surface area contributed by atoms with Crippen molar-refractivity contribution in [2.45, 2.75) is 44.6 Å². The second kappa shape index (κ2) is 6.65. The lowest BCUT2D eigenvalue weighted by atomic mass is 10.0. The maximum absolute atomic E-state index is 12.8. The number of aliphatic hydroxyl groups is 1. The summed E-state index contributed by atoms with van der Waals surface area (Å²) in [5.74, 6) is 0.446. The van der Waals surface area contributed by atoms with E-state index < -0.39 is 10.0 Å². The predicted molar refractivity (Wildman–Crippen MR) is 83.9 cm³/mol. The van der Waals surface area contributed by atoms with Crippen LogP contribution in [0.1, 0.15) is 37.3 Å². The molecule has 118 valence electrons. The summed E-state index contributed by atoms with van der Waals surface area (Å²) in [6.45, 7) is 4.76. The minimum atomic E-state index is -3.54. The fourth-order valence-electron chi connectivity index (χ4n) is 2.94. The minimum absolute atomic E-state index is 0.215. The first-order chi connectivity index (χ1) is 9.90. The molecule has 1 heterocycles. The van der Waals surface area contributed by atoms with Crippen molar-refractivity contribution in [2.24, 2.45) is 5.92 Å². The molecule has 1 N–H and O–H groups in total. The van der Waals surface area contributed by atoms with Gasteiger partial charge < -0.3 is 5.11 Å². The van der Waals surface area contributed by atoms with Gasteiger partial charge in [0, 0.05) is 18.1 Å². The SMILES string of the molecule is CCCC1CCN(S(=O)(=O)c2cc(Cl)cc(CO)c2C)C1. The summed E-state index contributed by atoms with van der Waals surface area (Å²) in [6, 6.07) is 3.10. The van der Waals surface area contributed by atoms with Gasteiger partial charge in [-0.3, -0.25) is 0 Å². The van der Waals surface area contributed by atoms with Gasteiger partial charge in [-0.2, -0.15) is 4.31 Å². The van der Waals surface area contributed by atoms with Gasteiger partial charge in [-0.05, 0) is 48.9 Å². The molecule has 1 fully saturated rings. The third-order valence-corrected chi connectivity index (χ3v) is 6.38. The Kier molecular flexibility index (Phi) is 5.30. The first kappa shape index (κ1) is 16.7. The van der Waals surface area contributed by atoms with Gasteiger partial charge in [0.25, 0.3) is 0 Å². The highest BCUT2D eigenvalue weighted by atomic mass is 35.5. The van der Waals surface area contributed by atoms with E-state index in [9.17, 15) is 13.5 Å². The molecule has 0 bridgehead atoms. The van der Waals surface area contributed by atoms with Crippen LogP contribution in [0, 0.1) is 12.8 Å². The minimum Gasteiger partial charge on any atom is -0.392 e. The van der Waals surface area contributed by atoms with Crippen molar-refractivity contribution in [3.8, 4) is 0 Å². The first-order valence-corrected chi connectivity index (χ1v) is 9.12. The molecule has 1 aromatic carbocycles. The van der Waals surface area contributed by atoms with Gasteiger partial charge >= 0.3 is 0 Å². The van der Waals surface area contributed by atoms with E-state index in [0.717, 1.165) is 19.3 Å². The number of hydrogen-bond acceptors (Lipinski definition) is 3. The van der Waals surface area contributed by atoms with Crippen LogP contribution in [-0.4, -0.2) is 30.9 Å². The summed E-state index contributed by atoms with van der Waals surface area (Å²) in [6.07, 6.45) is 3.05. The Morgan fingerprint density at radius 3 is 2.76 bits per heavy atom. The largest absolute Gasteiger partial charge is 0.392 e. The molecule has 1 aliphatic heterocycles.